The van der Waals surface area contributed by atoms with Gasteiger partial charge in [0, 0.05) is 35.4 Å². The van der Waals surface area contributed by atoms with Crippen molar-refractivity contribution in [1.29, 1.82) is 0 Å². The van der Waals surface area contributed by atoms with Crippen LogP contribution in [0.1, 0.15) is 30.6 Å². The van der Waals surface area contributed by atoms with Crippen LogP contribution in [0.5, 0.6) is 0 Å². The molecule has 1 amide bonds. The minimum Gasteiger partial charge on any atom is -0.497 e. The first-order valence-corrected chi connectivity index (χ1v) is 7.88. The summed E-state index contributed by atoms with van der Waals surface area (Å²) in [5.41, 5.74) is 2.33. The van der Waals surface area contributed by atoms with Crippen molar-refractivity contribution in [2.45, 2.75) is 31.8 Å². The lowest BCUT2D eigenvalue weighted by atomic mass is 9.95. The highest BCUT2D eigenvalue weighted by molar-refractivity contribution is 5.84. The van der Waals surface area contributed by atoms with Gasteiger partial charge < -0.3 is 15.0 Å². The topological polar surface area (TPSA) is 57.4 Å². The quantitative estimate of drug-likeness (QED) is 0.763. The van der Waals surface area contributed by atoms with Crippen LogP contribution in [0.25, 0.3) is 12.2 Å². The third-order valence-electron chi connectivity index (χ3n) is 4.81. The van der Waals surface area contributed by atoms with E-state index >= 15 is 0 Å². The van der Waals surface area contributed by atoms with E-state index in [1.807, 2.05) is 0 Å². The average molecular weight is 299 g/mol. The van der Waals surface area contributed by atoms with E-state index in [2.05, 4.69) is 40.4 Å². The molecule has 3 heterocycles. The Labute approximate surface area is 129 Å². The summed E-state index contributed by atoms with van der Waals surface area (Å²) in [5.74, 6) is 1.000. The molecule has 22 heavy (non-hydrogen) atoms. The summed E-state index contributed by atoms with van der Waals surface area (Å²) in [6, 6.07) is 0.0443. The van der Waals surface area contributed by atoms with Crippen LogP contribution in [-0.2, 0) is 16.0 Å². The van der Waals surface area contributed by atoms with Crippen molar-refractivity contribution < 1.29 is 9.53 Å². The van der Waals surface area contributed by atoms with Gasteiger partial charge in [-0.05, 0) is 37.5 Å². The Hall–Kier alpha value is -2.01. The zero-order chi connectivity index (χ0) is 15.3. The van der Waals surface area contributed by atoms with Crippen LogP contribution in [0, 0.1) is 0 Å². The van der Waals surface area contributed by atoms with Crippen LogP contribution < -0.4 is 15.9 Å². The number of rotatable bonds is 1. The number of carbonyl (C=O) groups excluding carboxylic acids is 1. The molecule has 116 valence electrons. The van der Waals surface area contributed by atoms with Gasteiger partial charge in [-0.25, -0.2) is 0 Å². The van der Waals surface area contributed by atoms with Crippen LogP contribution in [0.2, 0.25) is 0 Å². The molecule has 2 atom stereocenters. The fourth-order valence-electron chi connectivity index (χ4n) is 3.84. The second-order valence-electron chi connectivity index (χ2n) is 6.30. The van der Waals surface area contributed by atoms with Crippen LogP contribution in [-0.4, -0.2) is 42.0 Å². The Balaban J connectivity index is 1.86. The van der Waals surface area contributed by atoms with Crippen molar-refractivity contribution >= 4 is 18.1 Å². The number of hydrogen-bond donors (Lipinski definition) is 2. The summed E-state index contributed by atoms with van der Waals surface area (Å²) in [6.07, 6.45) is 8.14. The molecule has 3 aliphatic rings. The van der Waals surface area contributed by atoms with Crippen molar-refractivity contribution in [2.24, 2.45) is 0 Å². The number of H-pyrrole nitrogens is 1. The van der Waals surface area contributed by atoms with E-state index in [4.69, 9.17) is 4.74 Å². The second kappa shape index (κ2) is 5.02. The van der Waals surface area contributed by atoms with Crippen LogP contribution >= 0.6 is 0 Å². The lowest BCUT2D eigenvalue weighted by Crippen LogP contribution is -2.56. The first kappa shape index (κ1) is 13.6. The maximum absolute atomic E-state index is 12.5. The molecule has 5 heteroatoms. The van der Waals surface area contributed by atoms with Crippen LogP contribution in [0.3, 0.4) is 0 Å². The van der Waals surface area contributed by atoms with E-state index in [-0.39, 0.29) is 18.0 Å². The molecule has 0 spiro atoms. The molecule has 1 aromatic rings. The maximum Gasteiger partial charge on any atom is 0.243 e. The predicted molar refractivity (Wildman–Crippen MR) is 84.3 cm³/mol. The Morgan fingerprint density at radius 1 is 1.36 bits per heavy atom. The minimum absolute atomic E-state index is 0.110. The van der Waals surface area contributed by atoms with E-state index in [0.29, 0.717) is 0 Å². The Morgan fingerprint density at radius 3 is 3.05 bits per heavy atom. The Kier molecular flexibility index (Phi) is 3.11. The smallest absolute Gasteiger partial charge is 0.243 e. The number of piperazine rings is 1. The van der Waals surface area contributed by atoms with Crippen LogP contribution in [0.15, 0.2) is 11.8 Å². The molecule has 2 aliphatic heterocycles. The second-order valence-corrected chi connectivity index (χ2v) is 6.30. The van der Waals surface area contributed by atoms with E-state index in [1.54, 1.807) is 7.11 Å². The molecule has 5 nitrogen and oxygen atoms in total. The number of nitrogens with one attached hydrogen (secondary N) is 2. The summed E-state index contributed by atoms with van der Waals surface area (Å²) in [6.45, 7) is 3.90. The number of fused-ring (bicyclic) bond motifs is 5. The van der Waals surface area contributed by atoms with Gasteiger partial charge in [-0.2, -0.15) is 0 Å². The highest BCUT2D eigenvalue weighted by Crippen LogP contribution is 2.29. The first-order chi connectivity index (χ1) is 10.7. The van der Waals surface area contributed by atoms with Gasteiger partial charge in [0.15, 0.2) is 0 Å². The summed E-state index contributed by atoms with van der Waals surface area (Å²) in [7, 11) is 1.70. The molecule has 0 aromatic carbocycles. The van der Waals surface area contributed by atoms with E-state index in [0.717, 1.165) is 42.7 Å². The van der Waals surface area contributed by atoms with Crippen molar-refractivity contribution in [1.82, 2.24) is 15.2 Å². The average Bonchev–Trinajstić information content (AvgIpc) is 2.70. The molecular weight excluding hydrogens is 278 g/mol. The molecule has 0 radical (unpaired) electrons. The van der Waals surface area contributed by atoms with E-state index in [1.165, 1.54) is 10.8 Å². The monoisotopic (exact) mass is 299 g/mol. The van der Waals surface area contributed by atoms with Gasteiger partial charge in [0.25, 0.3) is 0 Å². The molecule has 0 saturated carbocycles. The van der Waals surface area contributed by atoms with E-state index < -0.39 is 0 Å². The number of hydrogen-bond acceptors (Lipinski definition) is 3. The molecule has 1 aliphatic carbocycles. The lowest BCUT2D eigenvalue weighted by molar-refractivity contribution is -0.131. The number of nitrogens with zero attached hydrogens (tertiary/aromatic N) is 1. The number of aromatic amines is 1. The van der Waals surface area contributed by atoms with Gasteiger partial charge in [-0.15, -0.1) is 0 Å². The fourth-order valence-corrected chi connectivity index (χ4v) is 3.84. The van der Waals surface area contributed by atoms with E-state index in [9.17, 15) is 4.79 Å². The number of amides is 1. The molecule has 0 bridgehead atoms. The SMILES string of the molecule is COC1=CCC=c2[nH]c3c(c2=C1)CCN1CC(C)NC(=O)C31. The zero-order valence-electron chi connectivity index (χ0n) is 13.0. The summed E-state index contributed by atoms with van der Waals surface area (Å²) >= 11 is 0. The van der Waals surface area contributed by atoms with Gasteiger partial charge in [0.2, 0.25) is 5.91 Å². The number of ether oxygens (including phenoxy) is 1. The van der Waals surface area contributed by atoms with Crippen molar-refractivity contribution in [2.75, 3.05) is 20.2 Å². The zero-order valence-corrected chi connectivity index (χ0v) is 13.0. The molecule has 1 saturated heterocycles. The van der Waals surface area contributed by atoms with Gasteiger partial charge in [-0.3, -0.25) is 9.69 Å². The lowest BCUT2D eigenvalue weighted by Gasteiger charge is -2.40. The normalized spacial score (nSPS) is 27.2. The molecule has 1 fully saturated rings. The summed E-state index contributed by atoms with van der Waals surface area (Å²) in [4.78, 5) is 18.3. The van der Waals surface area contributed by atoms with Crippen molar-refractivity contribution in [3.05, 3.63) is 33.7 Å². The van der Waals surface area contributed by atoms with Gasteiger partial charge in [0.1, 0.15) is 11.8 Å². The standard InChI is InChI=1S/C17H21N3O2/c1-10-9-20-7-6-12-13-8-11(22-2)4-3-5-14(13)19-15(12)16(20)17(21)18-10/h4-5,8,10,16,19H,3,6-7,9H2,1-2H3,(H,18,21). The third-order valence-corrected chi connectivity index (χ3v) is 4.81. The summed E-state index contributed by atoms with van der Waals surface area (Å²) in [5, 5.41) is 5.37. The first-order valence-electron chi connectivity index (χ1n) is 7.88. The predicted octanol–water partition coefficient (Wildman–Crippen LogP) is -0.0728. The highest BCUT2D eigenvalue weighted by atomic mass is 16.5. The third kappa shape index (κ3) is 2.00. The number of aromatic nitrogens is 1. The molecule has 2 N–H and O–H groups in total. The minimum atomic E-state index is -0.177. The maximum atomic E-state index is 12.5. The largest absolute Gasteiger partial charge is 0.497 e. The molecule has 4 rings (SSSR count). The van der Waals surface area contributed by atoms with Crippen LogP contribution in [0.4, 0.5) is 0 Å². The van der Waals surface area contributed by atoms with Gasteiger partial charge in [-0.1, -0.05) is 6.08 Å². The number of allylic oxidation sites excluding steroid dienone is 2. The molecular formula is C17H21N3O2. The Bertz CT molecular complexity index is 775. The molecule has 1 aromatic heterocycles. The molecule has 2 unspecified atom stereocenters. The number of carbonyl (C=O) groups is 1. The Morgan fingerprint density at radius 2 is 2.23 bits per heavy atom. The van der Waals surface area contributed by atoms with Crippen molar-refractivity contribution in [3.8, 4) is 0 Å². The van der Waals surface area contributed by atoms with Crippen molar-refractivity contribution in [3.63, 3.8) is 0 Å². The summed E-state index contributed by atoms with van der Waals surface area (Å²) < 4.78 is 5.41. The van der Waals surface area contributed by atoms with Gasteiger partial charge >= 0.3 is 0 Å². The van der Waals surface area contributed by atoms with Gasteiger partial charge in [0.05, 0.1) is 7.11 Å². The fraction of sp³-hybridized carbons (Fsp3) is 0.471. The number of methoxy groups -OCH3 is 1. The highest BCUT2D eigenvalue weighted by Gasteiger charge is 2.39.